The van der Waals surface area contributed by atoms with Crippen molar-refractivity contribution < 1.29 is 4.79 Å². The molecule has 0 saturated heterocycles. The third-order valence-corrected chi connectivity index (χ3v) is 3.02. The van der Waals surface area contributed by atoms with Crippen LogP contribution in [0.4, 0.5) is 5.95 Å². The average molecular weight is 236 g/mol. The summed E-state index contributed by atoms with van der Waals surface area (Å²) in [7, 11) is 0. The fourth-order valence-corrected chi connectivity index (χ4v) is 2.09. The second kappa shape index (κ2) is 5.41. The van der Waals surface area contributed by atoms with Gasteiger partial charge in [0.25, 0.3) is 0 Å². The highest BCUT2D eigenvalue weighted by Gasteiger charge is 2.04. The van der Waals surface area contributed by atoms with E-state index < -0.39 is 0 Å². The van der Waals surface area contributed by atoms with Crippen LogP contribution >= 0.6 is 11.3 Å². The number of rotatable bonds is 5. The molecule has 0 radical (unpaired) electrons. The summed E-state index contributed by atoms with van der Waals surface area (Å²) in [5, 5.41) is 10.9. The summed E-state index contributed by atoms with van der Waals surface area (Å²) in [4.78, 5) is 16.6. The normalized spacial score (nSPS) is 10.2. The minimum atomic E-state index is -0.0340. The van der Waals surface area contributed by atoms with Crippen LogP contribution in [0.15, 0.2) is 23.8 Å². The third-order valence-electron chi connectivity index (χ3n) is 2.08. The second-order valence-electron chi connectivity index (χ2n) is 3.32. The van der Waals surface area contributed by atoms with Gasteiger partial charge in [-0.05, 0) is 24.3 Å². The number of carbonyl (C=O) groups is 1. The van der Waals surface area contributed by atoms with E-state index in [1.165, 1.54) is 11.2 Å². The minimum absolute atomic E-state index is 0.0340. The van der Waals surface area contributed by atoms with Gasteiger partial charge in [0.05, 0.1) is 0 Å². The molecule has 0 aliphatic heterocycles. The molecule has 2 N–H and O–H groups in total. The molecule has 5 nitrogen and oxygen atoms in total. The molecule has 16 heavy (non-hydrogen) atoms. The van der Waals surface area contributed by atoms with E-state index >= 15 is 0 Å². The van der Waals surface area contributed by atoms with E-state index in [2.05, 4.69) is 26.6 Å². The Bertz CT molecular complexity index is 424. The Hall–Kier alpha value is -1.69. The van der Waals surface area contributed by atoms with Crippen molar-refractivity contribution in [3.8, 4) is 0 Å². The van der Waals surface area contributed by atoms with Crippen molar-refractivity contribution in [1.29, 1.82) is 0 Å². The Morgan fingerprint density at radius 3 is 3.19 bits per heavy atom. The fourth-order valence-electron chi connectivity index (χ4n) is 1.34. The zero-order chi connectivity index (χ0) is 11.2. The molecule has 1 amide bonds. The molecule has 2 heterocycles. The Labute approximate surface area is 96.9 Å². The number of H-pyrrole nitrogens is 1. The predicted octanol–water partition coefficient (Wildman–Crippen LogP) is 1.83. The molecular formula is C10H12N4OS. The van der Waals surface area contributed by atoms with Crippen molar-refractivity contribution in [1.82, 2.24) is 15.2 Å². The van der Waals surface area contributed by atoms with E-state index in [0.29, 0.717) is 12.4 Å². The van der Waals surface area contributed by atoms with Crippen LogP contribution in [-0.2, 0) is 11.2 Å². The number of thiophene rings is 1. The number of nitrogens with one attached hydrogen (secondary N) is 2. The van der Waals surface area contributed by atoms with Crippen molar-refractivity contribution >= 4 is 23.2 Å². The maximum absolute atomic E-state index is 11.4. The summed E-state index contributed by atoms with van der Waals surface area (Å²) >= 11 is 1.72. The van der Waals surface area contributed by atoms with Gasteiger partial charge in [-0.3, -0.25) is 10.1 Å². The first-order valence-corrected chi connectivity index (χ1v) is 5.90. The van der Waals surface area contributed by atoms with Gasteiger partial charge in [0.15, 0.2) is 0 Å². The maximum atomic E-state index is 11.4. The molecule has 6 heteroatoms. The molecule has 0 saturated carbocycles. The molecule has 0 unspecified atom stereocenters. The smallest absolute Gasteiger partial charge is 0.226 e. The number of hydrogen-bond acceptors (Lipinski definition) is 4. The second-order valence-corrected chi connectivity index (χ2v) is 4.35. The van der Waals surface area contributed by atoms with Crippen LogP contribution in [-0.4, -0.2) is 21.1 Å². The summed E-state index contributed by atoms with van der Waals surface area (Å²) in [6.45, 7) is 0. The average Bonchev–Trinajstić information content (AvgIpc) is 2.90. The molecule has 0 fully saturated rings. The quantitative estimate of drug-likeness (QED) is 0.832. The lowest BCUT2D eigenvalue weighted by Gasteiger charge is -2.00. The van der Waals surface area contributed by atoms with Crippen LogP contribution in [0.1, 0.15) is 17.7 Å². The Balaban J connectivity index is 1.68. The third kappa shape index (κ3) is 3.16. The number of hydrogen-bond donors (Lipinski definition) is 2. The molecule has 0 aromatic carbocycles. The van der Waals surface area contributed by atoms with E-state index in [0.717, 1.165) is 12.8 Å². The Morgan fingerprint density at radius 2 is 2.50 bits per heavy atom. The first-order chi connectivity index (χ1) is 7.84. The number of nitrogens with zero attached hydrogens (tertiary/aromatic N) is 2. The van der Waals surface area contributed by atoms with E-state index in [4.69, 9.17) is 0 Å². The SMILES string of the molecule is O=C(CCCc1cccs1)Nc1ncn[nH]1. The van der Waals surface area contributed by atoms with Crippen LogP contribution in [0.2, 0.25) is 0 Å². The molecule has 0 bridgehead atoms. The van der Waals surface area contributed by atoms with E-state index in [1.807, 2.05) is 11.4 Å². The summed E-state index contributed by atoms with van der Waals surface area (Å²) in [5.41, 5.74) is 0. The fraction of sp³-hybridized carbons (Fsp3) is 0.300. The highest BCUT2D eigenvalue weighted by molar-refractivity contribution is 7.09. The Kier molecular flexibility index (Phi) is 3.66. The van der Waals surface area contributed by atoms with Gasteiger partial charge in [0.2, 0.25) is 11.9 Å². The van der Waals surface area contributed by atoms with Crippen molar-refractivity contribution in [2.24, 2.45) is 0 Å². The number of anilines is 1. The summed E-state index contributed by atoms with van der Waals surface area (Å²) in [6, 6.07) is 4.10. The van der Waals surface area contributed by atoms with Crippen LogP contribution < -0.4 is 5.32 Å². The van der Waals surface area contributed by atoms with Gasteiger partial charge < -0.3 is 0 Å². The molecular weight excluding hydrogens is 224 g/mol. The van der Waals surface area contributed by atoms with Crippen LogP contribution in [0, 0.1) is 0 Å². The zero-order valence-corrected chi connectivity index (χ0v) is 9.46. The molecule has 2 aromatic rings. The highest BCUT2D eigenvalue weighted by Crippen LogP contribution is 2.12. The van der Waals surface area contributed by atoms with Gasteiger partial charge in [-0.15, -0.1) is 11.3 Å². The molecule has 0 aliphatic rings. The first kappa shape index (κ1) is 10.8. The molecule has 2 rings (SSSR count). The predicted molar refractivity (Wildman–Crippen MR) is 62.3 cm³/mol. The summed E-state index contributed by atoms with van der Waals surface area (Å²) in [5.74, 6) is 0.370. The lowest BCUT2D eigenvalue weighted by molar-refractivity contribution is -0.116. The van der Waals surface area contributed by atoms with Crippen molar-refractivity contribution in [3.05, 3.63) is 28.7 Å². The van der Waals surface area contributed by atoms with Gasteiger partial charge in [-0.25, -0.2) is 5.10 Å². The van der Waals surface area contributed by atoms with Crippen LogP contribution in [0.3, 0.4) is 0 Å². The van der Waals surface area contributed by atoms with Crippen molar-refractivity contribution in [3.63, 3.8) is 0 Å². The standard InChI is InChI=1S/C10H12N4OS/c15-9(13-10-11-7-12-14-10)5-1-3-8-4-2-6-16-8/h2,4,6-7H,1,3,5H2,(H2,11,12,13,14,15). The number of amides is 1. The number of aryl methyl sites for hydroxylation is 1. The topological polar surface area (TPSA) is 70.7 Å². The lowest BCUT2D eigenvalue weighted by Crippen LogP contribution is -2.12. The number of aromatic nitrogens is 3. The zero-order valence-electron chi connectivity index (χ0n) is 8.64. The molecule has 2 aromatic heterocycles. The Morgan fingerprint density at radius 1 is 1.56 bits per heavy atom. The van der Waals surface area contributed by atoms with Crippen LogP contribution in [0.25, 0.3) is 0 Å². The van der Waals surface area contributed by atoms with Gasteiger partial charge >= 0.3 is 0 Å². The molecule has 0 spiro atoms. The molecule has 84 valence electrons. The number of aromatic amines is 1. The number of carbonyl (C=O) groups excluding carboxylic acids is 1. The largest absolute Gasteiger partial charge is 0.295 e. The summed E-state index contributed by atoms with van der Waals surface area (Å²) in [6.07, 6.45) is 3.65. The van der Waals surface area contributed by atoms with Gasteiger partial charge in [0.1, 0.15) is 6.33 Å². The van der Waals surface area contributed by atoms with Gasteiger partial charge in [0, 0.05) is 11.3 Å². The van der Waals surface area contributed by atoms with E-state index in [-0.39, 0.29) is 5.91 Å². The molecule has 0 aliphatic carbocycles. The lowest BCUT2D eigenvalue weighted by atomic mass is 10.2. The summed E-state index contributed by atoms with van der Waals surface area (Å²) < 4.78 is 0. The minimum Gasteiger partial charge on any atom is -0.295 e. The van der Waals surface area contributed by atoms with Crippen molar-refractivity contribution in [2.45, 2.75) is 19.3 Å². The van der Waals surface area contributed by atoms with Gasteiger partial charge in [-0.1, -0.05) is 6.07 Å². The monoisotopic (exact) mass is 236 g/mol. The first-order valence-electron chi connectivity index (χ1n) is 5.02. The van der Waals surface area contributed by atoms with Crippen LogP contribution in [0.5, 0.6) is 0 Å². The van der Waals surface area contributed by atoms with E-state index in [1.54, 1.807) is 11.3 Å². The maximum Gasteiger partial charge on any atom is 0.226 e. The van der Waals surface area contributed by atoms with E-state index in [9.17, 15) is 4.79 Å². The van der Waals surface area contributed by atoms with Crippen molar-refractivity contribution in [2.75, 3.05) is 5.32 Å². The highest BCUT2D eigenvalue weighted by atomic mass is 32.1. The van der Waals surface area contributed by atoms with Gasteiger partial charge in [-0.2, -0.15) is 10.1 Å². The molecule has 0 atom stereocenters.